The van der Waals surface area contributed by atoms with Crippen LogP contribution in [-0.4, -0.2) is 16.4 Å². The number of hydrogen-bond donors (Lipinski definition) is 0. The third-order valence-corrected chi connectivity index (χ3v) is 4.81. The number of aromatic nitrogens is 1. The Kier molecular flexibility index (Phi) is 6.49. The van der Waals surface area contributed by atoms with Crippen molar-refractivity contribution in [3.8, 4) is 0 Å². The minimum atomic E-state index is 0.877. The number of nitrogens with zero attached hydrogens (tertiary/aromatic N) is 3. The zero-order valence-electron chi connectivity index (χ0n) is 17.1. The largest absolute Gasteiger partial charge is 0.251 e. The minimum Gasteiger partial charge on any atom is -0.251 e. The number of aryl methyl sites for hydroxylation is 2. The molecule has 0 atom stereocenters. The van der Waals surface area contributed by atoms with Crippen molar-refractivity contribution in [2.45, 2.75) is 40.5 Å². The Balaban J connectivity index is 1.93. The van der Waals surface area contributed by atoms with E-state index in [0.717, 1.165) is 47.0 Å². The van der Waals surface area contributed by atoms with Gasteiger partial charge in [0.2, 0.25) is 0 Å². The lowest BCUT2D eigenvalue weighted by Gasteiger charge is -2.08. The zero-order chi connectivity index (χ0) is 19.9. The number of pyridine rings is 1. The van der Waals surface area contributed by atoms with Crippen molar-refractivity contribution in [3.05, 3.63) is 89.2 Å². The highest BCUT2D eigenvalue weighted by Crippen LogP contribution is 2.22. The fourth-order valence-corrected chi connectivity index (χ4v) is 3.15. The van der Waals surface area contributed by atoms with Crippen LogP contribution in [0.2, 0.25) is 0 Å². The van der Waals surface area contributed by atoms with Gasteiger partial charge in [-0.1, -0.05) is 56.3 Å². The van der Waals surface area contributed by atoms with Gasteiger partial charge in [0.05, 0.1) is 34.2 Å². The maximum absolute atomic E-state index is 4.83. The molecule has 0 unspecified atom stereocenters. The molecule has 142 valence electrons. The molecule has 0 bridgehead atoms. The van der Waals surface area contributed by atoms with Crippen molar-refractivity contribution in [2.75, 3.05) is 0 Å². The molecule has 0 radical (unpaired) electrons. The third kappa shape index (κ3) is 4.61. The van der Waals surface area contributed by atoms with E-state index < -0.39 is 0 Å². The fourth-order valence-electron chi connectivity index (χ4n) is 3.15. The molecule has 0 amide bonds. The van der Waals surface area contributed by atoms with Crippen LogP contribution >= 0.6 is 0 Å². The second kappa shape index (κ2) is 9.23. The summed E-state index contributed by atoms with van der Waals surface area (Å²) in [6, 6.07) is 22.5. The number of aliphatic imine (C=N–C) groups is 2. The predicted octanol–water partition coefficient (Wildman–Crippen LogP) is 6.49. The quantitative estimate of drug-likeness (QED) is 0.458. The SMILES string of the molecule is CCc1ccccc1/N=C(\C)c1cccc(/C(C)=N/c2ccccc2CC)n1. The first kappa shape index (κ1) is 19.7. The lowest BCUT2D eigenvalue weighted by atomic mass is 10.1. The van der Waals surface area contributed by atoms with Gasteiger partial charge in [-0.3, -0.25) is 9.98 Å². The third-order valence-electron chi connectivity index (χ3n) is 4.81. The summed E-state index contributed by atoms with van der Waals surface area (Å²) in [5, 5.41) is 0. The van der Waals surface area contributed by atoms with Gasteiger partial charge in [-0.05, 0) is 62.1 Å². The summed E-state index contributed by atoms with van der Waals surface area (Å²) in [4.78, 5) is 14.5. The summed E-state index contributed by atoms with van der Waals surface area (Å²) in [6.45, 7) is 8.32. The Morgan fingerprint density at radius 2 is 1.07 bits per heavy atom. The van der Waals surface area contributed by atoms with E-state index in [4.69, 9.17) is 15.0 Å². The van der Waals surface area contributed by atoms with Gasteiger partial charge >= 0.3 is 0 Å². The first-order chi connectivity index (χ1) is 13.6. The molecule has 0 saturated carbocycles. The topological polar surface area (TPSA) is 37.6 Å². The van der Waals surface area contributed by atoms with Gasteiger partial charge in [0, 0.05) is 0 Å². The molecule has 3 nitrogen and oxygen atoms in total. The molecule has 0 saturated heterocycles. The molecule has 2 aromatic carbocycles. The minimum absolute atomic E-state index is 0.877. The van der Waals surface area contributed by atoms with E-state index in [1.807, 2.05) is 44.2 Å². The first-order valence-corrected chi connectivity index (χ1v) is 9.86. The second-order valence-electron chi connectivity index (χ2n) is 6.77. The average molecular weight is 370 g/mol. The maximum Gasteiger partial charge on any atom is 0.0849 e. The van der Waals surface area contributed by atoms with Crippen molar-refractivity contribution < 1.29 is 0 Å². The Bertz CT molecular complexity index is 937. The van der Waals surface area contributed by atoms with Gasteiger partial charge in [0.25, 0.3) is 0 Å². The molecule has 0 N–H and O–H groups in total. The van der Waals surface area contributed by atoms with Gasteiger partial charge in [-0.25, -0.2) is 4.98 Å². The summed E-state index contributed by atoms with van der Waals surface area (Å²) in [5.41, 5.74) is 8.07. The van der Waals surface area contributed by atoms with Gasteiger partial charge in [-0.15, -0.1) is 0 Å². The standard InChI is InChI=1S/C25H27N3/c1-5-20-12-7-9-14-24(20)26-18(3)22-16-11-17-23(28-22)19(4)27-25-15-10-8-13-21(25)6-2/h7-17H,5-6H2,1-4H3/b26-18+,27-19+. The van der Waals surface area contributed by atoms with Crippen LogP contribution in [0, 0.1) is 0 Å². The van der Waals surface area contributed by atoms with Crippen LogP contribution in [0.3, 0.4) is 0 Å². The number of benzene rings is 2. The van der Waals surface area contributed by atoms with Crippen LogP contribution in [-0.2, 0) is 12.8 Å². The summed E-state index contributed by atoms with van der Waals surface area (Å²) >= 11 is 0. The van der Waals surface area contributed by atoms with E-state index >= 15 is 0 Å². The van der Waals surface area contributed by atoms with Crippen molar-refractivity contribution in [2.24, 2.45) is 9.98 Å². The highest BCUT2D eigenvalue weighted by atomic mass is 14.8. The molecule has 0 spiro atoms. The summed E-state index contributed by atoms with van der Waals surface area (Å²) < 4.78 is 0. The van der Waals surface area contributed by atoms with E-state index in [1.54, 1.807) is 0 Å². The van der Waals surface area contributed by atoms with Crippen LogP contribution in [0.4, 0.5) is 11.4 Å². The molecule has 0 aliphatic heterocycles. The van der Waals surface area contributed by atoms with Gasteiger partial charge in [0.15, 0.2) is 0 Å². The average Bonchev–Trinajstić information content (AvgIpc) is 2.74. The van der Waals surface area contributed by atoms with Gasteiger partial charge < -0.3 is 0 Å². The Morgan fingerprint density at radius 3 is 1.50 bits per heavy atom. The molecule has 3 heteroatoms. The number of para-hydroxylation sites is 2. The lowest BCUT2D eigenvalue weighted by Crippen LogP contribution is -2.05. The molecule has 3 aromatic rings. The van der Waals surface area contributed by atoms with Crippen molar-refractivity contribution in [3.63, 3.8) is 0 Å². The van der Waals surface area contributed by atoms with Crippen molar-refractivity contribution in [1.82, 2.24) is 4.98 Å². The summed E-state index contributed by atoms with van der Waals surface area (Å²) in [7, 11) is 0. The van der Waals surface area contributed by atoms with Crippen LogP contribution < -0.4 is 0 Å². The maximum atomic E-state index is 4.83. The number of hydrogen-bond acceptors (Lipinski definition) is 3. The lowest BCUT2D eigenvalue weighted by molar-refractivity contribution is 1.13. The molecule has 28 heavy (non-hydrogen) atoms. The summed E-state index contributed by atoms with van der Waals surface area (Å²) in [6.07, 6.45) is 1.92. The van der Waals surface area contributed by atoms with Crippen LogP contribution in [0.1, 0.15) is 50.2 Å². The van der Waals surface area contributed by atoms with Crippen molar-refractivity contribution in [1.29, 1.82) is 0 Å². The van der Waals surface area contributed by atoms with Crippen LogP contribution in [0.15, 0.2) is 76.7 Å². The fraction of sp³-hybridized carbons (Fsp3) is 0.240. The monoisotopic (exact) mass is 369 g/mol. The van der Waals surface area contributed by atoms with Crippen molar-refractivity contribution >= 4 is 22.8 Å². The summed E-state index contributed by atoms with van der Waals surface area (Å²) in [5.74, 6) is 0. The Hall–Kier alpha value is -3.07. The smallest absolute Gasteiger partial charge is 0.0849 e. The Morgan fingerprint density at radius 1 is 0.643 bits per heavy atom. The van der Waals surface area contributed by atoms with Crippen LogP contribution in [0.25, 0.3) is 0 Å². The molecular formula is C25H27N3. The zero-order valence-corrected chi connectivity index (χ0v) is 17.1. The second-order valence-corrected chi connectivity index (χ2v) is 6.77. The molecule has 1 heterocycles. The predicted molar refractivity (Wildman–Crippen MR) is 120 cm³/mol. The molecule has 0 aliphatic rings. The highest BCUT2D eigenvalue weighted by molar-refractivity contribution is 6.02. The molecular weight excluding hydrogens is 342 g/mol. The molecule has 0 aliphatic carbocycles. The van der Waals surface area contributed by atoms with Gasteiger partial charge in [-0.2, -0.15) is 0 Å². The Labute approximate surface area is 167 Å². The van der Waals surface area contributed by atoms with E-state index in [-0.39, 0.29) is 0 Å². The molecule has 1 aromatic heterocycles. The normalized spacial score (nSPS) is 12.3. The van der Waals surface area contributed by atoms with Crippen LogP contribution in [0.5, 0.6) is 0 Å². The van der Waals surface area contributed by atoms with Gasteiger partial charge in [0.1, 0.15) is 0 Å². The van der Waals surface area contributed by atoms with E-state index in [9.17, 15) is 0 Å². The van der Waals surface area contributed by atoms with E-state index in [1.165, 1.54) is 11.1 Å². The van der Waals surface area contributed by atoms with E-state index in [0.29, 0.717) is 0 Å². The number of rotatable bonds is 6. The molecule has 3 rings (SSSR count). The van der Waals surface area contributed by atoms with E-state index in [2.05, 4.69) is 50.2 Å². The first-order valence-electron chi connectivity index (χ1n) is 9.86. The highest BCUT2D eigenvalue weighted by Gasteiger charge is 2.07. The molecule has 0 fully saturated rings.